The van der Waals surface area contributed by atoms with Crippen molar-refractivity contribution in [3.8, 4) is 0 Å². The van der Waals surface area contributed by atoms with Crippen molar-refractivity contribution >= 4 is 34.6 Å². The molecule has 14 heteroatoms. The standard InChI is InChI=1S/2C16H21F3N4/c17-16(18,19)11-3-1-8-23(9-11)14-6-5-13-15(21-14)20-12-4-2-7-22(13)10-12;17-16(18,19)11-2-1-7-23(10-11)14-4-3-13-15(21-14)20-12-5-8-22(13)9-6-12/h5-6,11-12H,1-4,7-10H2,(H,20,21);3-4,11-12H,1-2,5-10H2,(H,20,21)/t11?,12-;/m1./s1. The third-order valence-corrected chi connectivity index (χ3v) is 10.4. The first-order chi connectivity index (χ1) is 22.0. The lowest BCUT2D eigenvalue weighted by molar-refractivity contribution is -0.176. The molecule has 3 atom stereocenters. The molecular formula is C32H42F6N8. The number of aromatic nitrogens is 2. The zero-order chi connectivity index (χ0) is 32.1. The Kier molecular flexibility index (Phi) is 8.41. The number of rotatable bonds is 2. The van der Waals surface area contributed by atoms with E-state index < -0.39 is 24.2 Å². The Morgan fingerprint density at radius 1 is 0.522 bits per heavy atom. The maximum atomic E-state index is 13.0. The van der Waals surface area contributed by atoms with Crippen molar-refractivity contribution in [1.29, 1.82) is 0 Å². The highest BCUT2D eigenvalue weighted by atomic mass is 19.4. The van der Waals surface area contributed by atoms with Gasteiger partial charge in [0.1, 0.15) is 11.6 Å². The smallest absolute Gasteiger partial charge is 0.368 e. The number of fused-ring (bicyclic) bond motifs is 6. The number of alkyl halides is 6. The number of piperidine rings is 4. The second-order valence-electron chi connectivity index (χ2n) is 13.6. The molecule has 2 aromatic rings. The van der Waals surface area contributed by atoms with Crippen LogP contribution in [0.1, 0.15) is 51.4 Å². The fourth-order valence-corrected chi connectivity index (χ4v) is 7.83. The molecule has 2 aromatic heterocycles. The Balaban J connectivity index is 0.000000147. The lowest BCUT2D eigenvalue weighted by Crippen LogP contribution is -2.46. The van der Waals surface area contributed by atoms with Crippen LogP contribution in [0.3, 0.4) is 0 Å². The molecule has 0 spiro atoms. The van der Waals surface area contributed by atoms with E-state index in [1.54, 1.807) is 9.80 Å². The van der Waals surface area contributed by atoms with E-state index in [9.17, 15) is 26.3 Å². The molecule has 9 rings (SSSR count). The lowest BCUT2D eigenvalue weighted by atomic mass is 9.97. The first-order valence-electron chi connectivity index (χ1n) is 16.7. The molecule has 4 saturated heterocycles. The van der Waals surface area contributed by atoms with Gasteiger partial charge in [-0.15, -0.1) is 0 Å². The number of hydrogen-bond acceptors (Lipinski definition) is 8. The molecule has 2 unspecified atom stereocenters. The highest BCUT2D eigenvalue weighted by molar-refractivity contribution is 5.72. The van der Waals surface area contributed by atoms with Crippen LogP contribution in [-0.4, -0.2) is 86.8 Å². The second-order valence-corrected chi connectivity index (χ2v) is 13.6. The van der Waals surface area contributed by atoms with Crippen LogP contribution >= 0.6 is 0 Å². The molecular weight excluding hydrogens is 610 g/mol. The van der Waals surface area contributed by atoms with Crippen molar-refractivity contribution < 1.29 is 26.3 Å². The fraction of sp³-hybridized carbons (Fsp3) is 0.688. The van der Waals surface area contributed by atoms with E-state index in [0.717, 1.165) is 74.9 Å². The largest absolute Gasteiger partial charge is 0.393 e. The van der Waals surface area contributed by atoms with Crippen molar-refractivity contribution in [1.82, 2.24) is 9.97 Å². The molecule has 2 N–H and O–H groups in total. The van der Waals surface area contributed by atoms with Crippen molar-refractivity contribution in [3.63, 3.8) is 0 Å². The van der Waals surface area contributed by atoms with Crippen molar-refractivity contribution in [2.45, 2.75) is 75.8 Å². The van der Waals surface area contributed by atoms with Gasteiger partial charge in [0.05, 0.1) is 23.2 Å². The van der Waals surface area contributed by atoms with Crippen LogP contribution in [0.4, 0.5) is 61.0 Å². The maximum Gasteiger partial charge on any atom is 0.393 e. The molecule has 7 aliphatic rings. The first-order valence-corrected chi connectivity index (χ1v) is 16.7. The molecule has 7 aliphatic heterocycles. The third-order valence-electron chi connectivity index (χ3n) is 10.4. The molecule has 46 heavy (non-hydrogen) atoms. The summed E-state index contributed by atoms with van der Waals surface area (Å²) in [7, 11) is 0. The van der Waals surface area contributed by atoms with Gasteiger partial charge < -0.3 is 30.2 Å². The van der Waals surface area contributed by atoms with Crippen LogP contribution in [0.25, 0.3) is 0 Å². The Morgan fingerprint density at radius 2 is 1.00 bits per heavy atom. The van der Waals surface area contributed by atoms with Crippen LogP contribution in [-0.2, 0) is 0 Å². The summed E-state index contributed by atoms with van der Waals surface area (Å²) < 4.78 is 78.0. The zero-order valence-corrected chi connectivity index (χ0v) is 25.9. The van der Waals surface area contributed by atoms with Gasteiger partial charge in [0.15, 0.2) is 11.6 Å². The van der Waals surface area contributed by atoms with Gasteiger partial charge in [0, 0.05) is 64.4 Å². The molecule has 0 amide bonds. The van der Waals surface area contributed by atoms with E-state index >= 15 is 0 Å². The monoisotopic (exact) mass is 652 g/mol. The lowest BCUT2D eigenvalue weighted by Gasteiger charge is -2.41. The Labute approximate surface area is 265 Å². The molecule has 0 saturated carbocycles. The summed E-state index contributed by atoms with van der Waals surface area (Å²) in [5, 5.41) is 6.92. The zero-order valence-electron chi connectivity index (χ0n) is 25.9. The van der Waals surface area contributed by atoms with Crippen LogP contribution in [0.15, 0.2) is 24.3 Å². The molecule has 0 radical (unpaired) electrons. The van der Waals surface area contributed by atoms with Crippen LogP contribution < -0.4 is 30.2 Å². The summed E-state index contributed by atoms with van der Waals surface area (Å²) in [6.45, 7) is 5.39. The molecule has 8 nitrogen and oxygen atoms in total. The maximum absolute atomic E-state index is 13.0. The number of hydrogen-bond donors (Lipinski definition) is 2. The van der Waals surface area contributed by atoms with Gasteiger partial charge in [-0.2, -0.15) is 26.3 Å². The summed E-state index contributed by atoms with van der Waals surface area (Å²) in [5.41, 5.74) is 2.16. The quantitative estimate of drug-likeness (QED) is 0.357. The third kappa shape index (κ3) is 6.58. The molecule has 252 valence electrons. The van der Waals surface area contributed by atoms with Gasteiger partial charge in [-0.25, -0.2) is 9.97 Å². The van der Waals surface area contributed by atoms with Crippen molar-refractivity contribution in [2.24, 2.45) is 11.8 Å². The number of pyridine rings is 2. The summed E-state index contributed by atoms with van der Waals surface area (Å²) in [5.74, 6) is 0.484. The van der Waals surface area contributed by atoms with Crippen LogP contribution in [0.5, 0.6) is 0 Å². The number of nitrogens with one attached hydrogen (secondary N) is 2. The minimum atomic E-state index is -4.12. The van der Waals surface area contributed by atoms with E-state index in [4.69, 9.17) is 0 Å². The van der Waals surface area contributed by atoms with E-state index in [0.29, 0.717) is 49.7 Å². The molecule has 0 aromatic carbocycles. The summed E-state index contributed by atoms with van der Waals surface area (Å²) in [4.78, 5) is 17.5. The first kappa shape index (κ1) is 31.3. The van der Waals surface area contributed by atoms with Crippen LogP contribution in [0, 0.1) is 11.8 Å². The number of anilines is 6. The van der Waals surface area contributed by atoms with E-state index in [1.807, 2.05) is 24.3 Å². The SMILES string of the molecule is FC(F)(F)C1CCCN(c2ccc3c(n2)NC2CCN3CC2)C1.FC(F)(F)C1CCCN(c2ccc3c(n2)N[C@@H]2CCCN3C2)C1. The molecule has 9 heterocycles. The van der Waals surface area contributed by atoms with Crippen molar-refractivity contribution in [2.75, 3.05) is 82.6 Å². The van der Waals surface area contributed by atoms with Gasteiger partial charge in [0.25, 0.3) is 0 Å². The van der Waals surface area contributed by atoms with E-state index in [1.165, 1.54) is 0 Å². The average molecular weight is 653 g/mol. The predicted molar refractivity (Wildman–Crippen MR) is 168 cm³/mol. The van der Waals surface area contributed by atoms with E-state index in [2.05, 4.69) is 30.4 Å². The highest BCUT2D eigenvalue weighted by Crippen LogP contribution is 2.39. The molecule has 4 bridgehead atoms. The van der Waals surface area contributed by atoms with E-state index in [-0.39, 0.29) is 25.9 Å². The van der Waals surface area contributed by atoms with Crippen molar-refractivity contribution in [3.05, 3.63) is 24.3 Å². The molecule has 0 aliphatic carbocycles. The van der Waals surface area contributed by atoms with Crippen LogP contribution in [0.2, 0.25) is 0 Å². The highest BCUT2D eigenvalue weighted by Gasteiger charge is 2.43. The normalized spacial score (nSPS) is 26.3. The van der Waals surface area contributed by atoms with Gasteiger partial charge in [-0.05, 0) is 75.6 Å². The second kappa shape index (κ2) is 12.4. The Morgan fingerprint density at radius 3 is 1.54 bits per heavy atom. The Hall–Kier alpha value is -3.32. The fourth-order valence-electron chi connectivity index (χ4n) is 7.83. The number of halogens is 6. The summed E-state index contributed by atoms with van der Waals surface area (Å²) >= 11 is 0. The predicted octanol–water partition coefficient (Wildman–Crippen LogP) is 6.51. The topological polar surface area (TPSA) is 62.8 Å². The summed E-state index contributed by atoms with van der Waals surface area (Å²) in [6, 6.07) is 8.59. The minimum Gasteiger partial charge on any atom is -0.368 e. The summed E-state index contributed by atoms with van der Waals surface area (Å²) in [6.07, 6.45) is -2.20. The van der Waals surface area contributed by atoms with Gasteiger partial charge in [0.2, 0.25) is 0 Å². The minimum absolute atomic E-state index is 0.0163. The number of nitrogens with zero attached hydrogens (tertiary/aromatic N) is 6. The van der Waals surface area contributed by atoms with Gasteiger partial charge in [-0.3, -0.25) is 0 Å². The van der Waals surface area contributed by atoms with Gasteiger partial charge in [-0.1, -0.05) is 0 Å². The average Bonchev–Trinajstić information content (AvgIpc) is 3.33. The van der Waals surface area contributed by atoms with Gasteiger partial charge >= 0.3 is 12.4 Å². The Bertz CT molecular complexity index is 1380. The molecule has 4 fully saturated rings.